The molecule has 1 unspecified atom stereocenters. The lowest BCUT2D eigenvalue weighted by Gasteiger charge is -2.29. The van der Waals surface area contributed by atoms with Crippen LogP contribution >= 0.6 is 23.2 Å². The summed E-state index contributed by atoms with van der Waals surface area (Å²) in [5.41, 5.74) is -0.810. The zero-order valence-electron chi connectivity index (χ0n) is 21.1. The van der Waals surface area contributed by atoms with Gasteiger partial charge < -0.3 is 4.90 Å². The number of alkyl halides is 3. The lowest BCUT2D eigenvalue weighted by atomic mass is 9.93. The third kappa shape index (κ3) is 6.43. The summed E-state index contributed by atoms with van der Waals surface area (Å²) < 4.78 is 91.9. The van der Waals surface area contributed by atoms with Crippen molar-refractivity contribution in [1.82, 2.24) is 9.80 Å². The van der Waals surface area contributed by atoms with Crippen LogP contribution in [0.4, 0.5) is 22.0 Å². The molecule has 1 heterocycles. The van der Waals surface area contributed by atoms with Crippen molar-refractivity contribution in [3.8, 4) is 0 Å². The molecule has 1 amide bonds. The molecule has 4 rings (SSSR count). The number of halogens is 7. The van der Waals surface area contributed by atoms with Crippen molar-refractivity contribution in [1.29, 1.82) is 0 Å². The second-order valence-electron chi connectivity index (χ2n) is 9.70. The minimum atomic E-state index is -4.83. The van der Waals surface area contributed by atoms with Gasteiger partial charge in [0.15, 0.2) is 9.84 Å². The van der Waals surface area contributed by atoms with Gasteiger partial charge >= 0.3 is 6.18 Å². The summed E-state index contributed by atoms with van der Waals surface area (Å²) in [6.07, 6.45) is -3.89. The van der Waals surface area contributed by atoms with Gasteiger partial charge in [0.25, 0.3) is 5.91 Å². The van der Waals surface area contributed by atoms with E-state index < -0.39 is 56.6 Å². The van der Waals surface area contributed by atoms with Crippen LogP contribution < -0.4 is 0 Å². The van der Waals surface area contributed by atoms with E-state index in [4.69, 9.17) is 23.2 Å². The molecule has 13 heteroatoms. The third-order valence-corrected chi connectivity index (χ3v) is 8.73. The lowest BCUT2D eigenvalue weighted by molar-refractivity contribution is -0.140. The minimum Gasteiger partial charge on any atom is -0.336 e. The quantitative estimate of drug-likeness (QED) is 0.235. The van der Waals surface area contributed by atoms with Gasteiger partial charge in [-0.1, -0.05) is 35.3 Å². The molecule has 2 atom stereocenters. The Bertz CT molecular complexity index is 1570. The number of amides is 1. The number of nitrogens with zero attached hydrogens (tertiary/aromatic N) is 2. The van der Waals surface area contributed by atoms with Crippen molar-refractivity contribution in [2.75, 3.05) is 26.4 Å². The van der Waals surface area contributed by atoms with Crippen molar-refractivity contribution in [2.45, 2.75) is 29.6 Å². The van der Waals surface area contributed by atoms with Crippen molar-refractivity contribution >= 4 is 38.9 Å². The first-order valence-corrected chi connectivity index (χ1v) is 14.5. The number of sulfone groups is 1. The summed E-state index contributed by atoms with van der Waals surface area (Å²) in [5.74, 6) is -3.42. The highest BCUT2D eigenvalue weighted by Crippen LogP contribution is 2.36. The first-order valence-electron chi connectivity index (χ1n) is 11.9. The Morgan fingerprint density at radius 1 is 0.975 bits per heavy atom. The average molecular weight is 621 g/mol. The molecule has 1 aliphatic heterocycles. The molecule has 40 heavy (non-hydrogen) atoms. The monoisotopic (exact) mass is 620 g/mol. The average Bonchev–Trinajstić information content (AvgIpc) is 3.30. The molecule has 0 bridgehead atoms. The maximum absolute atomic E-state index is 14.7. The molecule has 0 radical (unpaired) electrons. The van der Waals surface area contributed by atoms with Gasteiger partial charge in [-0.3, -0.25) is 9.69 Å². The number of likely N-dealkylation sites (tertiary alicyclic amines) is 1. The number of benzene rings is 3. The summed E-state index contributed by atoms with van der Waals surface area (Å²) >= 11 is 12.3. The molecular weight excluding hydrogens is 598 g/mol. The normalized spacial score (nSPS) is 18.0. The number of rotatable bonds is 6. The van der Waals surface area contributed by atoms with E-state index in [1.54, 1.807) is 30.1 Å². The standard InChI is InChI=1S/C27H23Cl2F5N2O3S/c1-35(12-15-3-6-20(24(31)9-15)27(32,33)34)25-14-36(13-19(25)16-4-7-21(28)22(29)10-16)26(37)18-11-17(40(2,38)39)5-8-23(18)30/h3-11,19,25H,12-14H2,1-2H3/t19-,25?/m1/s1. The first-order chi connectivity index (χ1) is 18.6. The number of carbonyl (C=O) groups is 1. The van der Waals surface area contributed by atoms with Gasteiger partial charge in [0.05, 0.1) is 26.1 Å². The van der Waals surface area contributed by atoms with Crippen LogP contribution in [0, 0.1) is 11.6 Å². The molecule has 1 saturated heterocycles. The Balaban J connectivity index is 1.66. The maximum Gasteiger partial charge on any atom is 0.419 e. The maximum atomic E-state index is 14.7. The predicted molar refractivity (Wildman–Crippen MR) is 141 cm³/mol. The van der Waals surface area contributed by atoms with Crippen molar-refractivity contribution in [3.63, 3.8) is 0 Å². The van der Waals surface area contributed by atoms with Gasteiger partial charge in [-0.05, 0) is 60.6 Å². The van der Waals surface area contributed by atoms with Gasteiger partial charge in [-0.2, -0.15) is 13.2 Å². The molecule has 0 N–H and O–H groups in total. The van der Waals surface area contributed by atoms with E-state index in [-0.39, 0.29) is 35.1 Å². The number of hydrogen-bond donors (Lipinski definition) is 0. The number of carbonyl (C=O) groups excluding carboxylic acids is 1. The Labute approximate surface area is 238 Å². The van der Waals surface area contributed by atoms with Crippen LogP contribution in [0.25, 0.3) is 0 Å². The van der Waals surface area contributed by atoms with Gasteiger partial charge in [0.2, 0.25) is 0 Å². The minimum absolute atomic E-state index is 0.0392. The summed E-state index contributed by atoms with van der Waals surface area (Å²) in [6.45, 7) is 0.194. The Morgan fingerprint density at radius 2 is 1.68 bits per heavy atom. The van der Waals surface area contributed by atoms with Gasteiger partial charge in [-0.25, -0.2) is 17.2 Å². The highest BCUT2D eigenvalue weighted by Gasteiger charge is 2.40. The van der Waals surface area contributed by atoms with E-state index in [9.17, 15) is 35.2 Å². The van der Waals surface area contributed by atoms with Crippen LogP contribution in [0.15, 0.2) is 59.5 Å². The smallest absolute Gasteiger partial charge is 0.336 e. The molecule has 3 aromatic carbocycles. The zero-order valence-corrected chi connectivity index (χ0v) is 23.5. The van der Waals surface area contributed by atoms with Crippen molar-refractivity contribution in [2.24, 2.45) is 0 Å². The molecule has 0 spiro atoms. The summed E-state index contributed by atoms with van der Waals surface area (Å²) in [7, 11) is -2.04. The SMILES string of the molecule is CN(Cc1ccc(C(F)(F)F)c(F)c1)C1CN(C(=O)c2cc(S(C)(=O)=O)ccc2F)C[C@@H]1c1ccc(Cl)c(Cl)c1. The van der Waals surface area contributed by atoms with E-state index in [1.807, 2.05) is 0 Å². The second-order valence-corrected chi connectivity index (χ2v) is 12.5. The fourth-order valence-electron chi connectivity index (χ4n) is 4.83. The molecule has 3 aromatic rings. The van der Waals surface area contributed by atoms with E-state index in [1.165, 1.54) is 11.0 Å². The van der Waals surface area contributed by atoms with Crippen LogP contribution in [0.5, 0.6) is 0 Å². The molecule has 1 fully saturated rings. The third-order valence-electron chi connectivity index (χ3n) is 6.88. The lowest BCUT2D eigenvalue weighted by Crippen LogP contribution is -2.38. The van der Waals surface area contributed by atoms with Crippen LogP contribution in [-0.2, 0) is 22.6 Å². The van der Waals surface area contributed by atoms with E-state index in [0.29, 0.717) is 16.7 Å². The first kappa shape index (κ1) is 30.2. The van der Waals surface area contributed by atoms with Crippen LogP contribution in [-0.4, -0.2) is 56.6 Å². The molecule has 0 aliphatic carbocycles. The fraction of sp³-hybridized carbons (Fsp3) is 0.296. The molecule has 0 saturated carbocycles. The van der Waals surface area contributed by atoms with E-state index in [0.717, 1.165) is 30.5 Å². The van der Waals surface area contributed by atoms with Crippen molar-refractivity contribution < 1.29 is 35.2 Å². The Kier molecular flexibility index (Phi) is 8.52. The molecule has 214 valence electrons. The van der Waals surface area contributed by atoms with E-state index >= 15 is 0 Å². The second kappa shape index (κ2) is 11.3. The Morgan fingerprint density at radius 3 is 2.27 bits per heavy atom. The van der Waals surface area contributed by atoms with E-state index in [2.05, 4.69) is 0 Å². The van der Waals surface area contributed by atoms with Crippen LogP contribution in [0.2, 0.25) is 10.0 Å². The highest BCUT2D eigenvalue weighted by atomic mass is 35.5. The largest absolute Gasteiger partial charge is 0.419 e. The van der Waals surface area contributed by atoms with Crippen LogP contribution in [0.3, 0.4) is 0 Å². The van der Waals surface area contributed by atoms with Gasteiger partial charge in [0, 0.05) is 37.8 Å². The van der Waals surface area contributed by atoms with Gasteiger partial charge in [0.1, 0.15) is 11.6 Å². The summed E-state index contributed by atoms with van der Waals surface area (Å²) in [6, 6.07) is 10.1. The molecule has 5 nitrogen and oxygen atoms in total. The van der Waals surface area contributed by atoms with Gasteiger partial charge in [-0.15, -0.1) is 0 Å². The Hall–Kier alpha value is -2.73. The zero-order chi connectivity index (χ0) is 29.6. The molecular formula is C27H23Cl2F5N2O3S. The van der Waals surface area contributed by atoms with Crippen LogP contribution in [0.1, 0.15) is 33.0 Å². The predicted octanol–water partition coefficient (Wildman–Crippen LogP) is 6.43. The number of hydrogen-bond acceptors (Lipinski definition) is 4. The summed E-state index contributed by atoms with van der Waals surface area (Å²) in [5, 5.41) is 0.572. The summed E-state index contributed by atoms with van der Waals surface area (Å²) in [4.78, 5) is 16.3. The molecule has 1 aliphatic rings. The fourth-order valence-corrected chi connectivity index (χ4v) is 5.78. The number of likely N-dealkylation sites (N-methyl/N-ethyl adjacent to an activating group) is 1. The van der Waals surface area contributed by atoms with Crippen molar-refractivity contribution in [3.05, 3.63) is 98.5 Å². The molecule has 0 aromatic heterocycles. The highest BCUT2D eigenvalue weighted by molar-refractivity contribution is 7.90. The topological polar surface area (TPSA) is 57.7 Å².